The summed E-state index contributed by atoms with van der Waals surface area (Å²) in [6.45, 7) is 4.47. The van der Waals surface area contributed by atoms with E-state index in [1.807, 2.05) is 42.8 Å². The van der Waals surface area contributed by atoms with Gasteiger partial charge in [0.1, 0.15) is 17.6 Å². The van der Waals surface area contributed by atoms with Crippen LogP contribution >= 0.6 is 0 Å². The number of anilines is 2. The first-order chi connectivity index (χ1) is 14.5. The number of nitrogens with two attached hydrogens (primary N) is 1. The van der Waals surface area contributed by atoms with Gasteiger partial charge < -0.3 is 25.0 Å². The number of ether oxygens (including phenoxy) is 1. The first kappa shape index (κ1) is 22.0. The van der Waals surface area contributed by atoms with Crippen LogP contribution in [0.4, 0.5) is 11.4 Å². The van der Waals surface area contributed by atoms with E-state index in [0.29, 0.717) is 12.2 Å². The third-order valence-corrected chi connectivity index (χ3v) is 5.54. The van der Waals surface area contributed by atoms with Crippen molar-refractivity contribution in [2.75, 3.05) is 57.3 Å². The summed E-state index contributed by atoms with van der Waals surface area (Å²) >= 11 is 0. The molecule has 30 heavy (non-hydrogen) atoms. The van der Waals surface area contributed by atoms with Gasteiger partial charge in [-0.1, -0.05) is 0 Å². The molecule has 3 rings (SSSR count). The summed E-state index contributed by atoms with van der Waals surface area (Å²) in [5.41, 5.74) is 4.38. The Morgan fingerprint density at radius 3 is 2.77 bits per heavy atom. The topological polar surface area (TPSA) is 85.2 Å². The number of hydrogen-bond donors (Lipinski definition) is 2. The van der Waals surface area contributed by atoms with E-state index < -0.39 is 5.97 Å². The molecule has 0 atom stereocenters. The van der Waals surface area contributed by atoms with Crippen LogP contribution in [0.15, 0.2) is 23.6 Å². The molecule has 2 aliphatic heterocycles. The highest BCUT2D eigenvalue weighted by molar-refractivity contribution is 6.37. The van der Waals surface area contributed by atoms with Gasteiger partial charge in [0.05, 0.1) is 26.4 Å². The Bertz CT molecular complexity index is 835. The van der Waals surface area contributed by atoms with Crippen molar-refractivity contribution < 1.29 is 20.0 Å². The number of nitrogens with zero attached hydrogens (tertiary/aromatic N) is 4. The summed E-state index contributed by atoms with van der Waals surface area (Å²) in [4.78, 5) is 16.8. The summed E-state index contributed by atoms with van der Waals surface area (Å²) in [6.07, 6.45) is 7.79. The highest BCUT2D eigenvalue weighted by Crippen LogP contribution is 2.45. The molecule has 0 saturated heterocycles. The number of esters is 1. The zero-order chi connectivity index (χ0) is 21.7. The average Bonchev–Trinajstić information content (AvgIpc) is 2.74. The number of rotatable bonds is 8. The summed E-state index contributed by atoms with van der Waals surface area (Å²) in [5, 5.41) is 19.1. The molecule has 1 aromatic rings. The van der Waals surface area contributed by atoms with E-state index >= 15 is 0 Å². The second kappa shape index (κ2) is 9.84. The Labute approximate surface area is 178 Å². The van der Waals surface area contributed by atoms with E-state index in [4.69, 9.17) is 4.74 Å². The number of hydrogen-bond acceptors (Lipinski definition) is 7. The molecule has 8 nitrogen and oxygen atoms in total. The number of aryl methyl sites for hydroxylation is 1. The lowest BCUT2D eigenvalue weighted by atomic mass is 9.90. The van der Waals surface area contributed by atoms with Gasteiger partial charge in [0, 0.05) is 38.4 Å². The molecule has 0 spiro atoms. The number of aromatic hydroxyl groups is 1. The highest BCUT2D eigenvalue weighted by Gasteiger charge is 2.29. The minimum absolute atomic E-state index is 0.267. The molecule has 0 amide bonds. The summed E-state index contributed by atoms with van der Waals surface area (Å²) in [6, 6.07) is 2.02. The van der Waals surface area contributed by atoms with Gasteiger partial charge in [0.25, 0.3) is 0 Å². The monoisotopic (exact) mass is 416 g/mol. The van der Waals surface area contributed by atoms with Gasteiger partial charge in [-0.3, -0.25) is 5.01 Å². The van der Waals surface area contributed by atoms with Crippen LogP contribution in [0.25, 0.3) is 0 Å². The zero-order valence-corrected chi connectivity index (χ0v) is 18.5. The van der Waals surface area contributed by atoms with Crippen LogP contribution in [0.1, 0.15) is 30.9 Å². The Balaban J connectivity index is 1.94. The summed E-state index contributed by atoms with van der Waals surface area (Å²) < 4.78 is 5.21. The number of carbonyl (C=O) groups excluding carboxylic acids is 1. The summed E-state index contributed by atoms with van der Waals surface area (Å²) in [7, 11) is 5.58. The molecule has 0 saturated carbocycles. The Morgan fingerprint density at radius 1 is 1.33 bits per heavy atom. The van der Waals surface area contributed by atoms with Crippen LogP contribution in [0.3, 0.4) is 0 Å². The van der Waals surface area contributed by atoms with Gasteiger partial charge in [-0.15, -0.1) is 0 Å². The normalized spacial score (nSPS) is 15.9. The minimum atomic E-state index is -0.449. The molecule has 0 radical (unpaired) electrons. The number of hydrazone groups is 1. The van der Waals surface area contributed by atoms with Crippen LogP contribution < -0.4 is 15.2 Å². The van der Waals surface area contributed by atoms with Crippen LogP contribution in [-0.2, 0) is 22.4 Å². The van der Waals surface area contributed by atoms with Crippen LogP contribution in [-0.4, -0.2) is 69.1 Å². The fraction of sp³-hybridized carbons (Fsp3) is 0.545. The Hall–Kier alpha value is -2.74. The number of benzene rings is 1. The van der Waals surface area contributed by atoms with Crippen molar-refractivity contribution in [3.05, 3.63) is 29.6 Å². The van der Waals surface area contributed by atoms with Crippen LogP contribution in [0.2, 0.25) is 0 Å². The van der Waals surface area contributed by atoms with Gasteiger partial charge >= 0.3 is 5.97 Å². The Morgan fingerprint density at radius 2 is 2.07 bits per heavy atom. The predicted octanol–water partition coefficient (Wildman–Crippen LogP) is 1.04. The molecule has 2 heterocycles. The first-order valence-electron chi connectivity index (χ1n) is 10.7. The first-order valence-corrected chi connectivity index (χ1v) is 10.7. The molecule has 0 aromatic heterocycles. The third kappa shape index (κ3) is 4.70. The third-order valence-electron chi connectivity index (χ3n) is 5.54. The molecule has 3 N–H and O–H groups in total. The maximum Gasteiger partial charge on any atom is 0.356 e. The number of carbonyl (C=O) groups is 1. The van der Waals surface area contributed by atoms with E-state index in [-0.39, 0.29) is 18.1 Å². The SMILES string of the molecule is CCOC(=O)/C(CN(C)/C=C\[NH2+]C)=N\N(C)c1cc2c3c(c1O)CCCN3CCC2. The van der Waals surface area contributed by atoms with Crippen LogP contribution in [0, 0.1) is 0 Å². The largest absolute Gasteiger partial charge is 0.505 e. The van der Waals surface area contributed by atoms with Gasteiger partial charge in [-0.05, 0) is 44.2 Å². The quantitative estimate of drug-likeness (QED) is 0.374. The van der Waals surface area contributed by atoms with E-state index in [0.717, 1.165) is 44.3 Å². The van der Waals surface area contributed by atoms with Gasteiger partial charge in [-0.25, -0.2) is 4.79 Å². The zero-order valence-electron chi connectivity index (χ0n) is 18.5. The standard InChI is InChI=1S/C22H33N5O3/c1-5-30-22(29)18(15-25(3)13-10-23-2)24-26(4)19-14-16-8-6-11-27-12-7-9-17(20(16)27)21(19)28/h10,13-14,23,28H,5-9,11-12,15H2,1-4H3/p+1/b13-10-,24-18-. The molecule has 8 heteroatoms. The second-order valence-corrected chi connectivity index (χ2v) is 7.81. The van der Waals surface area contributed by atoms with E-state index in [2.05, 4.69) is 10.0 Å². The van der Waals surface area contributed by atoms with Crippen LogP contribution in [0.5, 0.6) is 5.75 Å². The lowest BCUT2D eigenvalue weighted by Gasteiger charge is -2.38. The minimum Gasteiger partial charge on any atom is -0.505 e. The van der Waals surface area contributed by atoms with Crippen molar-refractivity contribution in [2.45, 2.75) is 32.6 Å². The molecule has 0 bridgehead atoms. The molecular weight excluding hydrogens is 382 g/mol. The average molecular weight is 417 g/mol. The molecule has 0 fully saturated rings. The van der Waals surface area contributed by atoms with Gasteiger partial charge in [-0.2, -0.15) is 5.10 Å². The van der Waals surface area contributed by atoms with Gasteiger partial charge in [0.2, 0.25) is 0 Å². The van der Waals surface area contributed by atoms with Crippen molar-refractivity contribution >= 4 is 23.1 Å². The maximum atomic E-state index is 12.5. The molecular formula is C22H34N5O3+. The summed E-state index contributed by atoms with van der Waals surface area (Å²) in [5.74, 6) is -0.182. The van der Waals surface area contributed by atoms with Gasteiger partial charge in [0.15, 0.2) is 5.71 Å². The van der Waals surface area contributed by atoms with Crippen molar-refractivity contribution in [1.29, 1.82) is 0 Å². The fourth-order valence-electron chi connectivity index (χ4n) is 4.18. The fourth-order valence-corrected chi connectivity index (χ4v) is 4.18. The second-order valence-electron chi connectivity index (χ2n) is 7.81. The van der Waals surface area contributed by atoms with E-state index in [1.54, 1.807) is 19.0 Å². The number of quaternary nitrogens is 1. The maximum absolute atomic E-state index is 12.5. The smallest absolute Gasteiger partial charge is 0.356 e. The van der Waals surface area contributed by atoms with Crippen molar-refractivity contribution in [1.82, 2.24) is 4.90 Å². The lowest BCUT2D eigenvalue weighted by Crippen LogP contribution is -2.72. The predicted molar refractivity (Wildman–Crippen MR) is 119 cm³/mol. The lowest BCUT2D eigenvalue weighted by molar-refractivity contribution is -0.557. The molecule has 0 unspecified atom stereocenters. The van der Waals surface area contributed by atoms with Crippen molar-refractivity contribution in [3.63, 3.8) is 0 Å². The van der Waals surface area contributed by atoms with Crippen molar-refractivity contribution in [3.8, 4) is 5.75 Å². The molecule has 0 aliphatic carbocycles. The molecule has 164 valence electrons. The number of phenols is 1. The number of phenolic OH excluding ortho intramolecular Hbond substituents is 1. The Kier molecular flexibility index (Phi) is 7.20. The highest BCUT2D eigenvalue weighted by atomic mass is 16.5. The molecule has 2 aliphatic rings. The van der Waals surface area contributed by atoms with Crippen molar-refractivity contribution in [2.24, 2.45) is 5.10 Å². The van der Waals surface area contributed by atoms with E-state index in [1.165, 1.54) is 11.3 Å². The van der Waals surface area contributed by atoms with E-state index in [9.17, 15) is 9.90 Å². The molecule has 1 aromatic carbocycles.